The van der Waals surface area contributed by atoms with E-state index in [4.69, 9.17) is 4.74 Å². The second-order valence-corrected chi connectivity index (χ2v) is 5.01. The van der Waals surface area contributed by atoms with E-state index < -0.39 is 0 Å². The molecular weight excluding hydrogens is 264 g/mol. The zero-order valence-corrected chi connectivity index (χ0v) is 12.6. The SMILES string of the molecule is CCCC(=O)Nc1ccc(Oc2c(C)cccc2C)nc1. The number of para-hydroxylation sites is 1. The van der Waals surface area contributed by atoms with E-state index in [0.29, 0.717) is 18.0 Å². The Morgan fingerprint density at radius 3 is 2.48 bits per heavy atom. The second kappa shape index (κ2) is 6.88. The van der Waals surface area contributed by atoms with Crippen LogP contribution in [-0.2, 0) is 4.79 Å². The molecule has 0 fully saturated rings. The van der Waals surface area contributed by atoms with Crippen molar-refractivity contribution >= 4 is 11.6 Å². The van der Waals surface area contributed by atoms with E-state index in [0.717, 1.165) is 23.3 Å². The number of aryl methyl sites for hydroxylation is 2. The molecule has 0 radical (unpaired) electrons. The number of amides is 1. The molecule has 0 bridgehead atoms. The zero-order valence-electron chi connectivity index (χ0n) is 12.6. The van der Waals surface area contributed by atoms with Crippen molar-refractivity contribution in [1.82, 2.24) is 4.98 Å². The lowest BCUT2D eigenvalue weighted by atomic mass is 10.1. The normalized spacial score (nSPS) is 10.2. The highest BCUT2D eigenvalue weighted by molar-refractivity contribution is 5.90. The molecule has 21 heavy (non-hydrogen) atoms. The first-order chi connectivity index (χ1) is 10.1. The molecule has 0 aliphatic heterocycles. The number of ether oxygens (including phenoxy) is 1. The Balaban J connectivity index is 2.07. The zero-order chi connectivity index (χ0) is 15.2. The lowest BCUT2D eigenvalue weighted by molar-refractivity contribution is -0.116. The number of rotatable bonds is 5. The molecule has 1 aromatic heterocycles. The minimum Gasteiger partial charge on any atom is -0.438 e. The van der Waals surface area contributed by atoms with Gasteiger partial charge in [-0.2, -0.15) is 0 Å². The van der Waals surface area contributed by atoms with Crippen LogP contribution in [0.2, 0.25) is 0 Å². The monoisotopic (exact) mass is 284 g/mol. The molecular formula is C17H20N2O2. The molecule has 0 unspecified atom stereocenters. The molecule has 0 aliphatic rings. The third-order valence-electron chi connectivity index (χ3n) is 3.11. The number of nitrogens with one attached hydrogen (secondary N) is 1. The number of carbonyl (C=O) groups is 1. The minimum atomic E-state index is 0.00252. The van der Waals surface area contributed by atoms with Gasteiger partial charge in [0.2, 0.25) is 11.8 Å². The molecule has 1 N–H and O–H groups in total. The van der Waals surface area contributed by atoms with E-state index in [1.807, 2.05) is 39.0 Å². The highest BCUT2D eigenvalue weighted by Crippen LogP contribution is 2.27. The molecule has 1 aromatic carbocycles. The van der Waals surface area contributed by atoms with E-state index >= 15 is 0 Å². The summed E-state index contributed by atoms with van der Waals surface area (Å²) in [6.45, 7) is 5.97. The van der Waals surface area contributed by atoms with Crippen LogP contribution in [0.4, 0.5) is 5.69 Å². The summed E-state index contributed by atoms with van der Waals surface area (Å²) >= 11 is 0. The topological polar surface area (TPSA) is 51.2 Å². The number of hydrogen-bond donors (Lipinski definition) is 1. The molecule has 4 heteroatoms. The van der Waals surface area contributed by atoms with E-state index in [2.05, 4.69) is 10.3 Å². The van der Waals surface area contributed by atoms with Gasteiger partial charge in [-0.05, 0) is 37.5 Å². The summed E-state index contributed by atoms with van der Waals surface area (Å²) in [5.41, 5.74) is 2.82. The van der Waals surface area contributed by atoms with Gasteiger partial charge in [-0.15, -0.1) is 0 Å². The summed E-state index contributed by atoms with van der Waals surface area (Å²) in [5.74, 6) is 1.34. The van der Waals surface area contributed by atoms with Crippen LogP contribution >= 0.6 is 0 Å². The van der Waals surface area contributed by atoms with Crippen molar-refractivity contribution in [3.63, 3.8) is 0 Å². The summed E-state index contributed by atoms with van der Waals surface area (Å²) in [5, 5.41) is 2.80. The second-order valence-electron chi connectivity index (χ2n) is 5.01. The third kappa shape index (κ3) is 4.05. The maximum Gasteiger partial charge on any atom is 0.224 e. The first-order valence-corrected chi connectivity index (χ1v) is 7.10. The number of hydrogen-bond acceptors (Lipinski definition) is 3. The Hall–Kier alpha value is -2.36. The van der Waals surface area contributed by atoms with Crippen LogP contribution in [0.5, 0.6) is 11.6 Å². The van der Waals surface area contributed by atoms with E-state index in [1.54, 1.807) is 18.3 Å². The molecule has 110 valence electrons. The Kier molecular flexibility index (Phi) is 4.93. The number of pyridine rings is 1. The Bertz CT molecular complexity index is 601. The molecule has 0 saturated carbocycles. The smallest absolute Gasteiger partial charge is 0.224 e. The number of aromatic nitrogens is 1. The van der Waals surface area contributed by atoms with Gasteiger partial charge in [0.25, 0.3) is 0 Å². The summed E-state index contributed by atoms with van der Waals surface area (Å²) in [4.78, 5) is 15.7. The summed E-state index contributed by atoms with van der Waals surface area (Å²) in [6.07, 6.45) is 2.95. The Labute approximate surface area is 125 Å². The van der Waals surface area contributed by atoms with Crippen molar-refractivity contribution in [1.29, 1.82) is 0 Å². The maximum atomic E-state index is 11.5. The van der Waals surface area contributed by atoms with Crippen molar-refractivity contribution < 1.29 is 9.53 Å². The third-order valence-corrected chi connectivity index (χ3v) is 3.11. The molecule has 0 saturated heterocycles. The van der Waals surface area contributed by atoms with Gasteiger partial charge >= 0.3 is 0 Å². The fraction of sp³-hybridized carbons (Fsp3) is 0.294. The first kappa shape index (κ1) is 15.0. The lowest BCUT2D eigenvalue weighted by Gasteiger charge is -2.11. The van der Waals surface area contributed by atoms with Crippen molar-refractivity contribution in [3.8, 4) is 11.6 Å². The quantitative estimate of drug-likeness (QED) is 0.894. The predicted octanol–water partition coefficient (Wildman–Crippen LogP) is 4.23. The van der Waals surface area contributed by atoms with Gasteiger partial charge in [0.15, 0.2) is 0 Å². The van der Waals surface area contributed by atoms with Crippen molar-refractivity contribution in [2.45, 2.75) is 33.6 Å². The van der Waals surface area contributed by atoms with E-state index in [1.165, 1.54) is 0 Å². The van der Waals surface area contributed by atoms with Crippen LogP contribution in [0.3, 0.4) is 0 Å². The van der Waals surface area contributed by atoms with Crippen LogP contribution in [0.25, 0.3) is 0 Å². The van der Waals surface area contributed by atoms with Crippen LogP contribution in [0.1, 0.15) is 30.9 Å². The molecule has 4 nitrogen and oxygen atoms in total. The predicted molar refractivity (Wildman–Crippen MR) is 83.8 cm³/mol. The molecule has 0 atom stereocenters. The summed E-state index contributed by atoms with van der Waals surface area (Å²) < 4.78 is 5.82. The fourth-order valence-corrected chi connectivity index (χ4v) is 2.03. The number of nitrogens with zero attached hydrogens (tertiary/aromatic N) is 1. The molecule has 2 rings (SSSR count). The lowest BCUT2D eigenvalue weighted by Crippen LogP contribution is -2.10. The number of carbonyl (C=O) groups excluding carboxylic acids is 1. The van der Waals surface area contributed by atoms with Crippen molar-refractivity contribution in [2.24, 2.45) is 0 Å². The molecule has 0 spiro atoms. The first-order valence-electron chi connectivity index (χ1n) is 7.10. The molecule has 2 aromatic rings. The van der Waals surface area contributed by atoms with Gasteiger partial charge in [-0.3, -0.25) is 4.79 Å². The van der Waals surface area contributed by atoms with Crippen LogP contribution in [0.15, 0.2) is 36.5 Å². The minimum absolute atomic E-state index is 0.00252. The average Bonchev–Trinajstić information content (AvgIpc) is 2.45. The van der Waals surface area contributed by atoms with Gasteiger partial charge in [0.05, 0.1) is 11.9 Å². The molecule has 1 amide bonds. The summed E-state index contributed by atoms with van der Waals surface area (Å²) in [6, 6.07) is 9.55. The van der Waals surface area contributed by atoms with Gasteiger partial charge in [0, 0.05) is 12.5 Å². The van der Waals surface area contributed by atoms with E-state index in [9.17, 15) is 4.79 Å². The van der Waals surface area contributed by atoms with Gasteiger partial charge < -0.3 is 10.1 Å². The van der Waals surface area contributed by atoms with Gasteiger partial charge in [-0.25, -0.2) is 4.98 Å². The van der Waals surface area contributed by atoms with Gasteiger partial charge in [0.1, 0.15) is 5.75 Å². The van der Waals surface area contributed by atoms with Crippen LogP contribution in [-0.4, -0.2) is 10.9 Å². The van der Waals surface area contributed by atoms with Crippen LogP contribution < -0.4 is 10.1 Å². The number of anilines is 1. The standard InChI is InChI=1S/C17H20N2O2/c1-4-6-15(20)19-14-9-10-16(18-11-14)21-17-12(2)7-5-8-13(17)3/h5,7-11H,4,6H2,1-3H3,(H,19,20). The number of benzene rings is 1. The maximum absolute atomic E-state index is 11.5. The molecule has 0 aliphatic carbocycles. The van der Waals surface area contributed by atoms with Gasteiger partial charge in [-0.1, -0.05) is 25.1 Å². The van der Waals surface area contributed by atoms with Crippen molar-refractivity contribution in [3.05, 3.63) is 47.7 Å². The Morgan fingerprint density at radius 1 is 1.19 bits per heavy atom. The van der Waals surface area contributed by atoms with E-state index in [-0.39, 0.29) is 5.91 Å². The highest BCUT2D eigenvalue weighted by Gasteiger charge is 2.06. The average molecular weight is 284 g/mol. The fourth-order valence-electron chi connectivity index (χ4n) is 2.03. The Morgan fingerprint density at radius 2 is 1.90 bits per heavy atom. The van der Waals surface area contributed by atoms with Crippen molar-refractivity contribution in [2.75, 3.05) is 5.32 Å². The molecule has 1 heterocycles. The largest absolute Gasteiger partial charge is 0.438 e. The summed E-state index contributed by atoms with van der Waals surface area (Å²) in [7, 11) is 0. The van der Waals surface area contributed by atoms with Crippen LogP contribution in [0, 0.1) is 13.8 Å². The highest BCUT2D eigenvalue weighted by atomic mass is 16.5.